The second-order valence-electron chi connectivity index (χ2n) is 4.74. The molecule has 0 aliphatic carbocycles. The fraction of sp³-hybridized carbons (Fsp3) is 0.500. The van der Waals surface area contributed by atoms with Crippen LogP contribution in [0.1, 0.15) is 19.8 Å². The average molecular weight is 247 g/mol. The van der Waals surface area contributed by atoms with Crippen molar-refractivity contribution in [2.75, 3.05) is 30.8 Å². The number of unbranched alkanes of at least 4 members (excludes halogenated alkanes) is 1. The normalized spacial score (nSPS) is 17.3. The van der Waals surface area contributed by atoms with Crippen molar-refractivity contribution in [3.05, 3.63) is 24.3 Å². The molecule has 2 N–H and O–H groups in total. The molecule has 0 fully saturated rings. The maximum absolute atomic E-state index is 12.2. The van der Waals surface area contributed by atoms with Gasteiger partial charge in [0.2, 0.25) is 5.91 Å². The van der Waals surface area contributed by atoms with E-state index in [1.54, 1.807) is 0 Å². The molecular formula is C14H21N3O. The summed E-state index contributed by atoms with van der Waals surface area (Å²) in [7, 11) is 1.88. The Bertz CT molecular complexity index is 419. The number of anilines is 2. The van der Waals surface area contributed by atoms with E-state index in [-0.39, 0.29) is 11.9 Å². The highest BCUT2D eigenvalue weighted by atomic mass is 16.2. The van der Waals surface area contributed by atoms with E-state index in [2.05, 4.69) is 17.6 Å². The molecule has 18 heavy (non-hydrogen) atoms. The molecule has 1 aliphatic rings. The van der Waals surface area contributed by atoms with Crippen LogP contribution >= 0.6 is 0 Å². The number of para-hydroxylation sites is 2. The number of benzene rings is 1. The molecule has 0 bridgehead atoms. The zero-order chi connectivity index (χ0) is 13.0. The number of amides is 1. The lowest BCUT2D eigenvalue weighted by molar-refractivity contribution is -0.130. The first-order valence-corrected chi connectivity index (χ1v) is 6.56. The van der Waals surface area contributed by atoms with Gasteiger partial charge in [0.25, 0.3) is 0 Å². The van der Waals surface area contributed by atoms with Crippen LogP contribution in [0.2, 0.25) is 0 Å². The van der Waals surface area contributed by atoms with Gasteiger partial charge in [-0.3, -0.25) is 4.79 Å². The molecule has 1 heterocycles. The minimum absolute atomic E-state index is 0.158. The van der Waals surface area contributed by atoms with Crippen molar-refractivity contribution in [1.29, 1.82) is 0 Å². The van der Waals surface area contributed by atoms with E-state index >= 15 is 0 Å². The highest BCUT2D eigenvalue weighted by Gasteiger charge is 2.25. The van der Waals surface area contributed by atoms with Gasteiger partial charge in [-0.1, -0.05) is 25.5 Å². The summed E-state index contributed by atoms with van der Waals surface area (Å²) in [6, 6.07) is 7.81. The van der Waals surface area contributed by atoms with Crippen molar-refractivity contribution in [1.82, 2.24) is 4.90 Å². The second-order valence-corrected chi connectivity index (χ2v) is 4.74. The Hall–Kier alpha value is -1.71. The van der Waals surface area contributed by atoms with Crippen LogP contribution in [0.15, 0.2) is 24.3 Å². The summed E-state index contributed by atoms with van der Waals surface area (Å²) in [5, 5.41) is 6.59. The molecule has 1 aromatic carbocycles. The van der Waals surface area contributed by atoms with Gasteiger partial charge in [0, 0.05) is 20.1 Å². The molecular weight excluding hydrogens is 226 g/mol. The van der Waals surface area contributed by atoms with Crippen LogP contribution in [0, 0.1) is 0 Å². The summed E-state index contributed by atoms with van der Waals surface area (Å²) in [4.78, 5) is 14.1. The minimum Gasteiger partial charge on any atom is -0.381 e. The van der Waals surface area contributed by atoms with Crippen LogP contribution in [0.25, 0.3) is 0 Å². The van der Waals surface area contributed by atoms with Crippen molar-refractivity contribution < 1.29 is 4.79 Å². The predicted octanol–water partition coefficient (Wildman–Crippen LogP) is 2.15. The van der Waals surface area contributed by atoms with E-state index in [0.29, 0.717) is 6.54 Å². The quantitative estimate of drug-likeness (QED) is 0.857. The van der Waals surface area contributed by atoms with Crippen LogP contribution < -0.4 is 10.6 Å². The first kappa shape index (κ1) is 12.7. The summed E-state index contributed by atoms with van der Waals surface area (Å²) in [6.07, 6.45) is 2.16. The standard InChI is InChI=1S/C14H21N3O/c1-3-4-9-17(2)14(18)13-10-15-11-7-5-6-8-12(11)16-13/h5-8,13,15-16H,3-4,9-10H2,1-2H3. The first-order chi connectivity index (χ1) is 8.72. The van der Waals surface area contributed by atoms with E-state index in [9.17, 15) is 4.79 Å². The molecule has 4 nitrogen and oxygen atoms in total. The van der Waals surface area contributed by atoms with Gasteiger partial charge < -0.3 is 15.5 Å². The monoisotopic (exact) mass is 247 g/mol. The molecule has 1 unspecified atom stereocenters. The highest BCUT2D eigenvalue weighted by molar-refractivity contribution is 5.88. The smallest absolute Gasteiger partial charge is 0.246 e. The summed E-state index contributed by atoms with van der Waals surface area (Å²) in [6.45, 7) is 3.61. The molecule has 1 aliphatic heterocycles. The number of nitrogens with one attached hydrogen (secondary N) is 2. The number of nitrogens with zero attached hydrogens (tertiary/aromatic N) is 1. The van der Waals surface area contributed by atoms with Gasteiger partial charge in [0.05, 0.1) is 11.4 Å². The molecule has 1 aromatic rings. The van der Waals surface area contributed by atoms with Gasteiger partial charge in [-0.25, -0.2) is 0 Å². The molecule has 1 atom stereocenters. The zero-order valence-electron chi connectivity index (χ0n) is 11.1. The topological polar surface area (TPSA) is 44.4 Å². The fourth-order valence-corrected chi connectivity index (χ4v) is 2.13. The van der Waals surface area contributed by atoms with Gasteiger partial charge >= 0.3 is 0 Å². The maximum Gasteiger partial charge on any atom is 0.246 e. The van der Waals surface area contributed by atoms with Crippen molar-refractivity contribution in [2.24, 2.45) is 0 Å². The molecule has 0 aromatic heterocycles. The zero-order valence-corrected chi connectivity index (χ0v) is 11.1. The lowest BCUT2D eigenvalue weighted by atomic mass is 10.1. The van der Waals surface area contributed by atoms with E-state index in [1.807, 2.05) is 36.2 Å². The number of fused-ring (bicyclic) bond motifs is 1. The number of likely N-dealkylation sites (N-methyl/N-ethyl adjacent to an activating group) is 1. The summed E-state index contributed by atoms with van der Waals surface area (Å²) in [5.74, 6) is 0.158. The SMILES string of the molecule is CCCCN(C)C(=O)C1CNc2ccccc2N1. The van der Waals surface area contributed by atoms with Crippen LogP contribution in [0.5, 0.6) is 0 Å². The molecule has 98 valence electrons. The molecule has 0 radical (unpaired) electrons. The average Bonchev–Trinajstić information content (AvgIpc) is 2.43. The van der Waals surface area contributed by atoms with E-state index < -0.39 is 0 Å². The molecule has 4 heteroatoms. The summed E-state index contributed by atoms with van der Waals surface area (Å²) in [5.41, 5.74) is 2.07. The van der Waals surface area contributed by atoms with E-state index in [0.717, 1.165) is 30.8 Å². The Balaban J connectivity index is 1.98. The van der Waals surface area contributed by atoms with Crippen molar-refractivity contribution in [3.63, 3.8) is 0 Å². The third-order valence-electron chi connectivity index (χ3n) is 3.27. The van der Waals surface area contributed by atoms with Crippen LogP contribution in [-0.4, -0.2) is 37.0 Å². The number of carbonyl (C=O) groups excluding carboxylic acids is 1. The highest BCUT2D eigenvalue weighted by Crippen LogP contribution is 2.25. The third kappa shape index (κ3) is 2.75. The lowest BCUT2D eigenvalue weighted by Crippen LogP contribution is -2.47. The van der Waals surface area contributed by atoms with Crippen LogP contribution in [-0.2, 0) is 4.79 Å². The van der Waals surface area contributed by atoms with Gasteiger partial charge in [-0.05, 0) is 18.6 Å². The predicted molar refractivity (Wildman–Crippen MR) is 74.9 cm³/mol. The molecule has 0 saturated carbocycles. The Kier molecular flexibility index (Phi) is 4.07. The number of carbonyl (C=O) groups is 1. The van der Waals surface area contributed by atoms with Crippen molar-refractivity contribution in [2.45, 2.75) is 25.8 Å². The van der Waals surface area contributed by atoms with Crippen LogP contribution in [0.3, 0.4) is 0 Å². The first-order valence-electron chi connectivity index (χ1n) is 6.56. The Morgan fingerprint density at radius 1 is 1.39 bits per heavy atom. The van der Waals surface area contributed by atoms with Gasteiger partial charge in [0.15, 0.2) is 0 Å². The van der Waals surface area contributed by atoms with Crippen molar-refractivity contribution in [3.8, 4) is 0 Å². The fourth-order valence-electron chi connectivity index (χ4n) is 2.13. The van der Waals surface area contributed by atoms with Crippen molar-refractivity contribution >= 4 is 17.3 Å². The van der Waals surface area contributed by atoms with Gasteiger partial charge in [0.1, 0.15) is 6.04 Å². The lowest BCUT2D eigenvalue weighted by Gasteiger charge is -2.30. The van der Waals surface area contributed by atoms with Crippen LogP contribution in [0.4, 0.5) is 11.4 Å². The second kappa shape index (κ2) is 5.76. The largest absolute Gasteiger partial charge is 0.381 e. The van der Waals surface area contributed by atoms with Gasteiger partial charge in [-0.2, -0.15) is 0 Å². The molecule has 0 saturated heterocycles. The number of rotatable bonds is 4. The molecule has 0 spiro atoms. The molecule has 1 amide bonds. The van der Waals surface area contributed by atoms with E-state index in [1.165, 1.54) is 0 Å². The Labute approximate surface area is 108 Å². The Morgan fingerprint density at radius 3 is 2.83 bits per heavy atom. The molecule has 2 rings (SSSR count). The Morgan fingerprint density at radius 2 is 2.11 bits per heavy atom. The van der Waals surface area contributed by atoms with Gasteiger partial charge in [-0.15, -0.1) is 0 Å². The number of hydrogen-bond acceptors (Lipinski definition) is 3. The maximum atomic E-state index is 12.2. The van der Waals surface area contributed by atoms with E-state index in [4.69, 9.17) is 0 Å². The summed E-state index contributed by atoms with van der Waals surface area (Å²) < 4.78 is 0. The summed E-state index contributed by atoms with van der Waals surface area (Å²) >= 11 is 0. The minimum atomic E-state index is -0.165. The third-order valence-corrected chi connectivity index (χ3v) is 3.27. The number of hydrogen-bond donors (Lipinski definition) is 2.